The Kier molecular flexibility index (Phi) is 9.23. The first-order valence-electron chi connectivity index (χ1n) is 13.1. The highest BCUT2D eigenvalue weighted by Gasteiger charge is 2.28. The molecule has 0 amide bonds. The fourth-order valence-corrected chi connectivity index (χ4v) is 4.38. The molecule has 4 heterocycles. The second-order valence-electron chi connectivity index (χ2n) is 9.32. The number of halogens is 1. The van der Waals surface area contributed by atoms with Crippen molar-refractivity contribution in [3.05, 3.63) is 96.3 Å². The lowest BCUT2D eigenvalue weighted by Gasteiger charge is -2.28. The Labute approximate surface area is 222 Å². The monoisotopic (exact) mass is 516 g/mol. The van der Waals surface area contributed by atoms with Crippen LogP contribution >= 0.6 is 0 Å². The van der Waals surface area contributed by atoms with Crippen LogP contribution in [0.5, 0.6) is 0 Å². The van der Waals surface area contributed by atoms with E-state index in [1.165, 1.54) is 44.5 Å². The van der Waals surface area contributed by atoms with E-state index in [0.717, 1.165) is 22.4 Å². The third-order valence-electron chi connectivity index (χ3n) is 6.43. The van der Waals surface area contributed by atoms with Crippen LogP contribution in [0.1, 0.15) is 36.9 Å². The van der Waals surface area contributed by atoms with Crippen LogP contribution < -0.4 is 5.32 Å². The first-order valence-corrected chi connectivity index (χ1v) is 13.1. The van der Waals surface area contributed by atoms with E-state index in [4.69, 9.17) is 19.2 Å². The molecule has 8 heteroatoms. The van der Waals surface area contributed by atoms with E-state index in [-0.39, 0.29) is 11.9 Å². The third-order valence-corrected chi connectivity index (χ3v) is 6.43. The molecule has 2 aliphatic rings. The number of hydrogen-bond donors (Lipinski definition) is 2. The van der Waals surface area contributed by atoms with E-state index >= 15 is 0 Å². The molecule has 2 aliphatic heterocycles. The van der Waals surface area contributed by atoms with Crippen molar-refractivity contribution in [3.8, 4) is 22.5 Å². The number of rotatable bonds is 6. The topological polar surface area (TPSA) is 81.3 Å². The minimum atomic E-state index is -0.638. The molecule has 0 atom stereocenters. The van der Waals surface area contributed by atoms with E-state index in [1.54, 1.807) is 24.5 Å². The van der Waals surface area contributed by atoms with Crippen LogP contribution in [0, 0.1) is 5.82 Å². The Morgan fingerprint density at radius 3 is 2.18 bits per heavy atom. The molecule has 0 saturated carbocycles. The zero-order valence-corrected chi connectivity index (χ0v) is 21.3. The molecular formula is C30H33FN4O3. The summed E-state index contributed by atoms with van der Waals surface area (Å²) in [4.78, 5) is 12.2. The molecule has 0 aliphatic carbocycles. The van der Waals surface area contributed by atoms with Gasteiger partial charge in [-0.15, -0.1) is 0 Å². The number of imidazole rings is 1. The SMILES string of the molecule is C1CCNCC1.Fc1ccc(-c2nc(C3OCC(OCc4ccccc4)CO3)[nH]c2-c2ccncc2)cc1. The highest BCUT2D eigenvalue weighted by molar-refractivity contribution is 5.78. The average molecular weight is 517 g/mol. The molecule has 2 N–H and O–H groups in total. The predicted octanol–water partition coefficient (Wildman–Crippen LogP) is 5.67. The summed E-state index contributed by atoms with van der Waals surface area (Å²) in [6.45, 7) is 3.80. The van der Waals surface area contributed by atoms with E-state index in [0.29, 0.717) is 31.3 Å². The number of benzene rings is 2. The van der Waals surface area contributed by atoms with Crippen molar-refractivity contribution >= 4 is 0 Å². The second kappa shape index (κ2) is 13.4. The van der Waals surface area contributed by atoms with Crippen molar-refractivity contribution in [2.75, 3.05) is 26.3 Å². The molecule has 2 fully saturated rings. The molecule has 0 spiro atoms. The van der Waals surface area contributed by atoms with Crippen molar-refractivity contribution in [1.29, 1.82) is 0 Å². The third kappa shape index (κ3) is 7.11. The Hall–Kier alpha value is -3.43. The van der Waals surface area contributed by atoms with Crippen LogP contribution in [-0.2, 0) is 20.8 Å². The predicted molar refractivity (Wildman–Crippen MR) is 144 cm³/mol. The summed E-state index contributed by atoms with van der Waals surface area (Å²) in [5.74, 6) is 0.258. The Bertz CT molecular complexity index is 1230. The highest BCUT2D eigenvalue weighted by atomic mass is 19.1. The number of nitrogens with one attached hydrogen (secondary N) is 2. The molecule has 0 bridgehead atoms. The summed E-state index contributed by atoms with van der Waals surface area (Å²) < 4.78 is 31.2. The Morgan fingerprint density at radius 1 is 0.842 bits per heavy atom. The molecule has 38 heavy (non-hydrogen) atoms. The van der Waals surface area contributed by atoms with Crippen molar-refractivity contribution in [2.45, 2.75) is 38.3 Å². The molecular weight excluding hydrogens is 483 g/mol. The smallest absolute Gasteiger partial charge is 0.217 e. The number of hydrogen-bond acceptors (Lipinski definition) is 6. The Balaban J connectivity index is 0.000000433. The van der Waals surface area contributed by atoms with Gasteiger partial charge in [-0.05, 0) is 67.9 Å². The van der Waals surface area contributed by atoms with Crippen LogP contribution in [0.25, 0.3) is 22.5 Å². The average Bonchev–Trinajstić information content (AvgIpc) is 3.45. The van der Waals surface area contributed by atoms with Gasteiger partial charge >= 0.3 is 0 Å². The number of pyridine rings is 1. The second-order valence-corrected chi connectivity index (χ2v) is 9.32. The van der Waals surface area contributed by atoms with E-state index in [9.17, 15) is 4.39 Å². The summed E-state index contributed by atoms with van der Waals surface area (Å²) >= 11 is 0. The first kappa shape index (κ1) is 26.2. The van der Waals surface area contributed by atoms with Crippen molar-refractivity contribution in [2.24, 2.45) is 0 Å². The van der Waals surface area contributed by atoms with E-state index < -0.39 is 6.29 Å². The van der Waals surface area contributed by atoms with Crippen molar-refractivity contribution in [1.82, 2.24) is 20.3 Å². The van der Waals surface area contributed by atoms with Crippen molar-refractivity contribution in [3.63, 3.8) is 0 Å². The van der Waals surface area contributed by atoms with Crippen LogP contribution in [0.15, 0.2) is 79.1 Å². The van der Waals surface area contributed by atoms with Gasteiger partial charge in [-0.25, -0.2) is 9.37 Å². The number of aromatic amines is 1. The van der Waals surface area contributed by atoms with Crippen LogP contribution in [0.4, 0.5) is 4.39 Å². The van der Waals surface area contributed by atoms with Gasteiger partial charge in [0.1, 0.15) is 11.9 Å². The maximum atomic E-state index is 13.4. The van der Waals surface area contributed by atoms with Gasteiger partial charge in [0.15, 0.2) is 5.82 Å². The van der Waals surface area contributed by atoms with Gasteiger partial charge < -0.3 is 24.5 Å². The minimum absolute atomic E-state index is 0.155. The van der Waals surface area contributed by atoms with Crippen LogP contribution in [0.3, 0.4) is 0 Å². The summed E-state index contributed by atoms with van der Waals surface area (Å²) in [7, 11) is 0. The van der Waals surface area contributed by atoms with Gasteiger partial charge in [0.2, 0.25) is 6.29 Å². The molecule has 2 aromatic carbocycles. The number of ether oxygens (including phenoxy) is 3. The summed E-state index contributed by atoms with van der Waals surface area (Å²) in [6.07, 6.45) is 6.85. The lowest BCUT2D eigenvalue weighted by atomic mass is 10.1. The summed E-state index contributed by atoms with van der Waals surface area (Å²) in [5.41, 5.74) is 4.30. The van der Waals surface area contributed by atoms with Gasteiger partial charge in [0, 0.05) is 23.5 Å². The van der Waals surface area contributed by atoms with Gasteiger partial charge in [-0.3, -0.25) is 4.98 Å². The van der Waals surface area contributed by atoms with Gasteiger partial charge in [-0.2, -0.15) is 0 Å². The standard InChI is InChI=1S/C25H22FN3O3.C5H11N/c26-20-8-6-18(7-9-20)22-23(19-10-12-27-13-11-19)29-24(28-22)25-31-15-21(16-32-25)30-14-17-4-2-1-3-5-17;1-2-4-6-5-3-1/h1-13,21,25H,14-16H2,(H,28,29);6H,1-5H2. The quantitative estimate of drug-likeness (QED) is 0.344. The fraction of sp³-hybridized carbons (Fsp3) is 0.333. The van der Waals surface area contributed by atoms with Crippen LogP contribution in [-0.4, -0.2) is 47.4 Å². The Morgan fingerprint density at radius 2 is 1.55 bits per heavy atom. The lowest BCUT2D eigenvalue weighted by Crippen LogP contribution is -2.33. The lowest BCUT2D eigenvalue weighted by molar-refractivity contribution is -0.235. The largest absolute Gasteiger partial charge is 0.369 e. The number of piperidine rings is 1. The van der Waals surface area contributed by atoms with Gasteiger partial charge in [-0.1, -0.05) is 36.8 Å². The van der Waals surface area contributed by atoms with E-state index in [1.807, 2.05) is 42.5 Å². The minimum Gasteiger partial charge on any atom is -0.369 e. The number of H-pyrrole nitrogens is 1. The molecule has 0 radical (unpaired) electrons. The molecule has 7 nitrogen and oxygen atoms in total. The maximum Gasteiger partial charge on any atom is 0.217 e. The summed E-state index contributed by atoms with van der Waals surface area (Å²) in [6, 6.07) is 20.0. The number of aromatic nitrogens is 3. The van der Waals surface area contributed by atoms with Crippen molar-refractivity contribution < 1.29 is 18.6 Å². The summed E-state index contributed by atoms with van der Waals surface area (Å²) in [5, 5.41) is 3.28. The number of nitrogens with zero attached hydrogens (tertiary/aromatic N) is 2. The molecule has 4 aromatic rings. The maximum absolute atomic E-state index is 13.4. The van der Waals surface area contributed by atoms with Crippen LogP contribution in [0.2, 0.25) is 0 Å². The molecule has 2 saturated heterocycles. The molecule has 2 aromatic heterocycles. The van der Waals surface area contributed by atoms with E-state index in [2.05, 4.69) is 15.3 Å². The first-order chi connectivity index (χ1) is 18.8. The van der Waals surface area contributed by atoms with Gasteiger partial charge in [0.25, 0.3) is 0 Å². The molecule has 198 valence electrons. The zero-order valence-electron chi connectivity index (χ0n) is 21.3. The fourth-order valence-electron chi connectivity index (χ4n) is 4.38. The zero-order chi connectivity index (χ0) is 26.0. The molecule has 6 rings (SSSR count). The highest BCUT2D eigenvalue weighted by Crippen LogP contribution is 2.33. The van der Waals surface area contributed by atoms with Gasteiger partial charge in [0.05, 0.1) is 31.2 Å². The normalized spacial score (nSPS) is 19.4. The molecule has 0 unspecified atom stereocenters.